The smallest absolute Gasteiger partial charge is 0.223 e. The molecular formula is C21H26N2O6S. The van der Waals surface area contributed by atoms with Gasteiger partial charge in [-0.15, -0.1) is 0 Å². The van der Waals surface area contributed by atoms with Crippen LogP contribution in [0.15, 0.2) is 33.7 Å². The minimum absolute atomic E-state index is 0.0534. The molecule has 0 aliphatic carbocycles. The number of carbonyl (C=O) groups excluding carboxylic acids is 1. The predicted octanol–water partition coefficient (Wildman–Crippen LogP) is 2.49. The summed E-state index contributed by atoms with van der Waals surface area (Å²) in [4.78, 5) is 14.5. The summed E-state index contributed by atoms with van der Waals surface area (Å²) in [5.41, 5.74) is 2.00. The third kappa shape index (κ3) is 4.28. The molecule has 0 radical (unpaired) electrons. The first-order valence-corrected chi connectivity index (χ1v) is 11.8. The fraction of sp³-hybridized carbons (Fsp3) is 0.524. The van der Waals surface area contributed by atoms with Crippen molar-refractivity contribution in [3.63, 3.8) is 0 Å². The molecule has 0 saturated carbocycles. The van der Waals surface area contributed by atoms with E-state index in [1.807, 2.05) is 0 Å². The van der Waals surface area contributed by atoms with Gasteiger partial charge in [-0.3, -0.25) is 4.79 Å². The van der Waals surface area contributed by atoms with Gasteiger partial charge in [0.2, 0.25) is 5.91 Å². The lowest BCUT2D eigenvalue weighted by atomic mass is 10.0. The van der Waals surface area contributed by atoms with Crippen molar-refractivity contribution >= 4 is 15.7 Å². The lowest BCUT2D eigenvalue weighted by Crippen LogP contribution is -2.47. The minimum Gasteiger partial charge on any atom is -0.356 e. The Labute approximate surface area is 176 Å². The van der Waals surface area contributed by atoms with Crippen LogP contribution in [0, 0.1) is 13.8 Å². The van der Waals surface area contributed by atoms with Crippen molar-refractivity contribution in [3.05, 3.63) is 35.5 Å². The summed E-state index contributed by atoms with van der Waals surface area (Å²) < 4.78 is 42.6. The molecule has 0 N–H and O–H groups in total. The van der Waals surface area contributed by atoms with Gasteiger partial charge in [-0.2, -0.15) is 0 Å². The fourth-order valence-electron chi connectivity index (χ4n) is 3.96. The normalized spacial score (nSPS) is 18.8. The van der Waals surface area contributed by atoms with E-state index in [0.29, 0.717) is 56.0 Å². The number of aromatic nitrogens is 1. The van der Waals surface area contributed by atoms with Crippen molar-refractivity contribution in [2.45, 2.75) is 43.8 Å². The summed E-state index contributed by atoms with van der Waals surface area (Å²) in [6.45, 7) is 5.74. The first-order valence-electron chi connectivity index (χ1n) is 10.1. The van der Waals surface area contributed by atoms with Gasteiger partial charge >= 0.3 is 0 Å². The van der Waals surface area contributed by atoms with Gasteiger partial charge in [0.1, 0.15) is 0 Å². The fourth-order valence-corrected chi connectivity index (χ4v) is 5.49. The highest BCUT2D eigenvalue weighted by Crippen LogP contribution is 2.32. The van der Waals surface area contributed by atoms with Crippen molar-refractivity contribution in [1.82, 2.24) is 10.1 Å². The Bertz CT molecular complexity index is 1030. The van der Waals surface area contributed by atoms with E-state index in [4.69, 9.17) is 14.0 Å². The van der Waals surface area contributed by atoms with Crippen LogP contribution >= 0.6 is 0 Å². The minimum atomic E-state index is -3.63. The maximum absolute atomic E-state index is 13.0. The molecule has 2 aliphatic rings. The van der Waals surface area contributed by atoms with Gasteiger partial charge in [-0.05, 0) is 25.5 Å². The summed E-state index contributed by atoms with van der Waals surface area (Å²) in [7, 11) is -3.63. The monoisotopic (exact) mass is 434 g/mol. The van der Waals surface area contributed by atoms with E-state index >= 15 is 0 Å². The highest BCUT2D eigenvalue weighted by atomic mass is 32.2. The number of likely N-dealkylation sites (tertiary alicyclic amines) is 1. The SMILES string of the molecule is Cc1cc(-c2ccc(C)c(S(=O)(=O)CCC(=O)N3CCC4(CC3)OCCO4)c2)on1. The van der Waals surface area contributed by atoms with Crippen molar-refractivity contribution in [1.29, 1.82) is 0 Å². The second-order valence-corrected chi connectivity index (χ2v) is 9.95. The number of sulfone groups is 1. The van der Waals surface area contributed by atoms with E-state index < -0.39 is 15.6 Å². The lowest BCUT2D eigenvalue weighted by Gasteiger charge is -2.37. The molecule has 9 heteroatoms. The third-order valence-corrected chi connectivity index (χ3v) is 7.56. The number of rotatable bonds is 5. The topological polar surface area (TPSA) is 98.9 Å². The number of aryl methyl sites for hydroxylation is 2. The van der Waals surface area contributed by atoms with Gasteiger partial charge in [0.15, 0.2) is 21.4 Å². The Morgan fingerprint density at radius 2 is 1.83 bits per heavy atom. The zero-order valence-electron chi connectivity index (χ0n) is 17.2. The Balaban J connectivity index is 1.41. The van der Waals surface area contributed by atoms with Crippen LogP contribution in [0.4, 0.5) is 0 Å². The van der Waals surface area contributed by atoms with Gasteiger partial charge < -0.3 is 18.9 Å². The molecule has 2 fully saturated rings. The van der Waals surface area contributed by atoms with Crippen LogP contribution in [0.25, 0.3) is 11.3 Å². The molecule has 162 valence electrons. The Kier molecular flexibility index (Phi) is 5.69. The van der Waals surface area contributed by atoms with Crippen LogP contribution in [-0.2, 0) is 24.1 Å². The lowest BCUT2D eigenvalue weighted by molar-refractivity contribution is -0.187. The number of carbonyl (C=O) groups is 1. The van der Waals surface area contributed by atoms with Gasteiger partial charge in [0.25, 0.3) is 0 Å². The molecule has 1 amide bonds. The number of piperidine rings is 1. The second-order valence-electron chi connectivity index (χ2n) is 7.87. The van der Waals surface area contributed by atoms with Crippen LogP contribution in [-0.4, -0.2) is 62.2 Å². The highest BCUT2D eigenvalue weighted by molar-refractivity contribution is 7.91. The molecule has 30 heavy (non-hydrogen) atoms. The average molecular weight is 435 g/mol. The number of benzene rings is 1. The number of nitrogens with zero attached hydrogens (tertiary/aromatic N) is 2. The Hall–Kier alpha value is -2.23. The summed E-state index contributed by atoms with van der Waals surface area (Å²) in [5, 5.41) is 3.85. The van der Waals surface area contributed by atoms with Crippen molar-refractivity contribution < 1.29 is 27.2 Å². The second kappa shape index (κ2) is 8.13. The van der Waals surface area contributed by atoms with E-state index in [1.165, 1.54) is 0 Å². The molecule has 2 aromatic rings. The van der Waals surface area contributed by atoms with Crippen molar-refractivity contribution in [3.8, 4) is 11.3 Å². The molecular weight excluding hydrogens is 408 g/mol. The van der Waals surface area contributed by atoms with Crippen LogP contribution in [0.1, 0.15) is 30.5 Å². The van der Waals surface area contributed by atoms with Crippen LogP contribution in [0.2, 0.25) is 0 Å². The van der Waals surface area contributed by atoms with Gasteiger partial charge in [-0.25, -0.2) is 8.42 Å². The molecule has 0 unspecified atom stereocenters. The summed E-state index contributed by atoms with van der Waals surface area (Å²) in [6, 6.07) is 6.89. The van der Waals surface area contributed by atoms with Gasteiger partial charge in [0.05, 0.1) is 29.6 Å². The molecule has 8 nitrogen and oxygen atoms in total. The molecule has 2 saturated heterocycles. The number of ether oxygens (including phenoxy) is 2. The Morgan fingerprint density at radius 3 is 2.47 bits per heavy atom. The van der Waals surface area contributed by atoms with E-state index in [0.717, 1.165) is 5.69 Å². The molecule has 0 bridgehead atoms. The average Bonchev–Trinajstić information content (AvgIpc) is 3.36. The number of hydrogen-bond acceptors (Lipinski definition) is 7. The van der Waals surface area contributed by atoms with Gasteiger partial charge in [0, 0.05) is 44.0 Å². The van der Waals surface area contributed by atoms with E-state index in [2.05, 4.69) is 5.16 Å². The molecule has 1 spiro atoms. The van der Waals surface area contributed by atoms with Gasteiger partial charge in [-0.1, -0.05) is 17.3 Å². The first kappa shape index (κ1) is 21.0. The summed E-state index contributed by atoms with van der Waals surface area (Å²) in [5.74, 6) is -0.440. The van der Waals surface area contributed by atoms with Crippen LogP contribution in [0.3, 0.4) is 0 Å². The molecule has 1 aromatic carbocycles. The highest BCUT2D eigenvalue weighted by Gasteiger charge is 2.40. The van der Waals surface area contributed by atoms with E-state index in [1.54, 1.807) is 43.0 Å². The van der Waals surface area contributed by atoms with Crippen LogP contribution < -0.4 is 0 Å². The summed E-state index contributed by atoms with van der Waals surface area (Å²) >= 11 is 0. The molecule has 2 aliphatic heterocycles. The largest absolute Gasteiger partial charge is 0.356 e. The molecule has 1 aromatic heterocycles. The third-order valence-electron chi connectivity index (χ3n) is 5.71. The van der Waals surface area contributed by atoms with Crippen molar-refractivity contribution in [2.75, 3.05) is 32.1 Å². The summed E-state index contributed by atoms with van der Waals surface area (Å²) in [6.07, 6.45) is 1.18. The first-order chi connectivity index (χ1) is 14.3. The maximum Gasteiger partial charge on any atom is 0.223 e. The quantitative estimate of drug-likeness (QED) is 0.713. The molecule has 4 rings (SSSR count). The van der Waals surface area contributed by atoms with Crippen LogP contribution in [0.5, 0.6) is 0 Å². The molecule has 3 heterocycles. The zero-order chi connectivity index (χ0) is 21.4. The zero-order valence-corrected chi connectivity index (χ0v) is 18.0. The Morgan fingerprint density at radius 1 is 1.13 bits per heavy atom. The maximum atomic E-state index is 13.0. The predicted molar refractivity (Wildman–Crippen MR) is 109 cm³/mol. The molecule has 0 atom stereocenters. The standard InChI is InChI=1S/C21H26N2O6S/c1-15-3-4-17(18-13-16(2)22-29-18)14-19(15)30(25,26)12-5-20(24)23-8-6-21(7-9-23)27-10-11-28-21/h3-4,13-14H,5-12H2,1-2H3. The number of amides is 1. The number of hydrogen-bond donors (Lipinski definition) is 0. The van der Waals surface area contributed by atoms with Crippen molar-refractivity contribution in [2.24, 2.45) is 0 Å². The van der Waals surface area contributed by atoms with E-state index in [-0.39, 0.29) is 23.0 Å². The van der Waals surface area contributed by atoms with E-state index in [9.17, 15) is 13.2 Å².